The van der Waals surface area contributed by atoms with Crippen molar-refractivity contribution in [2.24, 2.45) is 0 Å². The summed E-state index contributed by atoms with van der Waals surface area (Å²) in [4.78, 5) is 14.6. The summed E-state index contributed by atoms with van der Waals surface area (Å²) in [7, 11) is 0. The fraction of sp³-hybridized carbons (Fsp3) is 0.588. The highest BCUT2D eigenvalue weighted by molar-refractivity contribution is 5.97. The molecule has 1 fully saturated rings. The summed E-state index contributed by atoms with van der Waals surface area (Å²) < 4.78 is 0. The van der Waals surface area contributed by atoms with Crippen LogP contribution in [-0.4, -0.2) is 41.1 Å². The van der Waals surface area contributed by atoms with E-state index >= 15 is 0 Å². The fourth-order valence-electron chi connectivity index (χ4n) is 2.82. The molecule has 0 bridgehead atoms. The van der Waals surface area contributed by atoms with E-state index in [9.17, 15) is 9.90 Å². The van der Waals surface area contributed by atoms with Crippen LogP contribution in [0.1, 0.15) is 49.0 Å². The first-order valence-electron chi connectivity index (χ1n) is 7.83. The topological polar surface area (TPSA) is 52.6 Å². The molecule has 1 heterocycles. The normalized spacial score (nSPS) is 18.8. The van der Waals surface area contributed by atoms with Gasteiger partial charge in [-0.1, -0.05) is 18.1 Å². The molecule has 4 nitrogen and oxygen atoms in total. The zero-order chi connectivity index (χ0) is 15.4. The molecule has 2 N–H and O–H groups in total. The quantitative estimate of drug-likeness (QED) is 0.896. The van der Waals surface area contributed by atoms with Crippen molar-refractivity contribution in [3.05, 3.63) is 29.3 Å². The highest BCUT2D eigenvalue weighted by atomic mass is 16.3. The Bertz CT molecular complexity index is 494. The lowest BCUT2D eigenvalue weighted by molar-refractivity contribution is 0.0673. The van der Waals surface area contributed by atoms with Crippen molar-refractivity contribution in [1.29, 1.82) is 0 Å². The Morgan fingerprint density at radius 2 is 2.19 bits per heavy atom. The molecule has 116 valence electrons. The number of hydrogen-bond acceptors (Lipinski definition) is 3. The van der Waals surface area contributed by atoms with Crippen molar-refractivity contribution in [2.45, 2.75) is 52.1 Å². The van der Waals surface area contributed by atoms with Crippen LogP contribution in [0.25, 0.3) is 0 Å². The van der Waals surface area contributed by atoms with Crippen molar-refractivity contribution in [3.63, 3.8) is 0 Å². The Balaban J connectivity index is 2.16. The van der Waals surface area contributed by atoms with E-state index in [0.29, 0.717) is 18.2 Å². The summed E-state index contributed by atoms with van der Waals surface area (Å²) >= 11 is 0. The van der Waals surface area contributed by atoms with Gasteiger partial charge in [0, 0.05) is 18.6 Å². The van der Waals surface area contributed by atoms with Crippen molar-refractivity contribution >= 4 is 5.91 Å². The van der Waals surface area contributed by atoms with Crippen LogP contribution in [0.5, 0.6) is 5.75 Å². The van der Waals surface area contributed by atoms with E-state index in [-0.39, 0.29) is 17.7 Å². The highest BCUT2D eigenvalue weighted by Crippen LogP contribution is 2.22. The monoisotopic (exact) mass is 290 g/mol. The summed E-state index contributed by atoms with van der Waals surface area (Å²) in [6, 6.07) is 5.65. The molecule has 0 aromatic heterocycles. The van der Waals surface area contributed by atoms with Crippen molar-refractivity contribution in [3.8, 4) is 5.75 Å². The van der Waals surface area contributed by atoms with Gasteiger partial charge in [-0.3, -0.25) is 4.79 Å². The highest BCUT2D eigenvalue weighted by Gasteiger charge is 2.25. The third-order valence-electron chi connectivity index (χ3n) is 4.10. The van der Waals surface area contributed by atoms with Crippen LogP contribution in [0, 0.1) is 6.92 Å². The number of phenolic OH excluding ortho intramolecular Hbond substituents is 1. The third kappa shape index (κ3) is 3.97. The van der Waals surface area contributed by atoms with Crippen LogP contribution in [0.15, 0.2) is 18.2 Å². The second kappa shape index (κ2) is 6.94. The number of nitrogens with zero attached hydrogens (tertiary/aromatic N) is 1. The Morgan fingerprint density at radius 1 is 1.43 bits per heavy atom. The maximum atomic E-state index is 12.8. The van der Waals surface area contributed by atoms with Gasteiger partial charge in [0.25, 0.3) is 5.91 Å². The van der Waals surface area contributed by atoms with E-state index in [4.69, 9.17) is 0 Å². The largest absolute Gasteiger partial charge is 0.507 e. The van der Waals surface area contributed by atoms with Gasteiger partial charge in [-0.15, -0.1) is 0 Å². The van der Waals surface area contributed by atoms with Gasteiger partial charge >= 0.3 is 0 Å². The number of carbonyl (C=O) groups excluding carboxylic acids is 1. The molecule has 0 saturated carbocycles. The Hall–Kier alpha value is -1.55. The number of amides is 1. The van der Waals surface area contributed by atoms with E-state index in [1.165, 1.54) is 12.8 Å². The molecule has 1 aromatic rings. The second-order valence-electron chi connectivity index (χ2n) is 6.22. The number of rotatable bonds is 4. The van der Waals surface area contributed by atoms with Gasteiger partial charge in [0.1, 0.15) is 5.75 Å². The van der Waals surface area contributed by atoms with Crippen LogP contribution in [-0.2, 0) is 0 Å². The van der Waals surface area contributed by atoms with E-state index in [1.54, 1.807) is 12.1 Å². The number of aromatic hydroxyl groups is 1. The molecule has 0 aliphatic carbocycles. The Labute approximate surface area is 127 Å². The Morgan fingerprint density at radius 3 is 2.81 bits per heavy atom. The molecule has 1 amide bonds. The number of benzene rings is 1. The molecule has 0 spiro atoms. The molecule has 1 saturated heterocycles. The molecule has 1 aromatic carbocycles. The van der Waals surface area contributed by atoms with Gasteiger partial charge in [-0.05, 0) is 52.3 Å². The molecule has 1 aliphatic heterocycles. The zero-order valence-electron chi connectivity index (χ0n) is 13.2. The first-order chi connectivity index (χ1) is 9.99. The van der Waals surface area contributed by atoms with Gasteiger partial charge in [0.2, 0.25) is 0 Å². The van der Waals surface area contributed by atoms with Gasteiger partial charge in [-0.2, -0.15) is 0 Å². The number of phenols is 1. The number of carbonyl (C=O) groups is 1. The summed E-state index contributed by atoms with van der Waals surface area (Å²) in [5, 5.41) is 13.5. The molecular formula is C17H26N2O2. The molecule has 1 unspecified atom stereocenters. The summed E-state index contributed by atoms with van der Waals surface area (Å²) in [6.45, 7) is 7.70. The minimum Gasteiger partial charge on any atom is -0.507 e. The van der Waals surface area contributed by atoms with Gasteiger partial charge < -0.3 is 15.3 Å². The average molecular weight is 290 g/mol. The molecular weight excluding hydrogens is 264 g/mol. The third-order valence-corrected chi connectivity index (χ3v) is 4.10. The molecule has 4 heteroatoms. The number of aryl methyl sites for hydroxylation is 1. The lowest BCUT2D eigenvalue weighted by atomic mass is 10.0. The number of piperidine rings is 1. The van der Waals surface area contributed by atoms with Gasteiger partial charge in [0.05, 0.1) is 5.56 Å². The molecule has 2 rings (SSSR count). The van der Waals surface area contributed by atoms with Gasteiger partial charge in [-0.25, -0.2) is 0 Å². The predicted octanol–water partition coefficient (Wildman–Crippen LogP) is 2.69. The molecule has 1 aliphatic rings. The van der Waals surface area contributed by atoms with Crippen LogP contribution >= 0.6 is 0 Å². The van der Waals surface area contributed by atoms with Crippen molar-refractivity contribution in [1.82, 2.24) is 10.2 Å². The van der Waals surface area contributed by atoms with Gasteiger partial charge in [0.15, 0.2) is 0 Å². The first-order valence-corrected chi connectivity index (χ1v) is 7.83. The molecule has 0 radical (unpaired) electrons. The van der Waals surface area contributed by atoms with Crippen LogP contribution in [0.2, 0.25) is 0 Å². The van der Waals surface area contributed by atoms with Crippen LogP contribution < -0.4 is 5.32 Å². The summed E-state index contributed by atoms with van der Waals surface area (Å²) in [5.74, 6) is -0.0218. The molecule has 1 atom stereocenters. The van der Waals surface area contributed by atoms with E-state index < -0.39 is 0 Å². The lowest BCUT2D eigenvalue weighted by Crippen LogP contribution is -2.48. The Kier molecular flexibility index (Phi) is 5.23. The van der Waals surface area contributed by atoms with Crippen LogP contribution in [0.3, 0.4) is 0 Å². The predicted molar refractivity (Wildman–Crippen MR) is 84.7 cm³/mol. The average Bonchev–Trinajstić information content (AvgIpc) is 2.47. The van der Waals surface area contributed by atoms with Crippen molar-refractivity contribution in [2.75, 3.05) is 13.1 Å². The fourth-order valence-corrected chi connectivity index (χ4v) is 2.82. The summed E-state index contributed by atoms with van der Waals surface area (Å²) in [6.07, 6.45) is 3.54. The minimum atomic E-state index is -0.0847. The number of nitrogens with one attached hydrogen (secondary N) is 1. The van der Waals surface area contributed by atoms with Crippen LogP contribution in [0.4, 0.5) is 0 Å². The second-order valence-corrected chi connectivity index (χ2v) is 6.22. The van der Waals surface area contributed by atoms with E-state index in [2.05, 4.69) is 5.32 Å². The SMILES string of the molecule is Cc1ccc(O)c(C(=O)N(CC2CCCCN2)C(C)C)c1. The summed E-state index contributed by atoms with van der Waals surface area (Å²) in [5.41, 5.74) is 1.38. The number of hydrogen-bond donors (Lipinski definition) is 2. The maximum absolute atomic E-state index is 12.8. The van der Waals surface area contributed by atoms with E-state index in [0.717, 1.165) is 18.5 Å². The minimum absolute atomic E-state index is 0.0628. The van der Waals surface area contributed by atoms with E-state index in [1.807, 2.05) is 31.7 Å². The van der Waals surface area contributed by atoms with Crippen molar-refractivity contribution < 1.29 is 9.90 Å². The maximum Gasteiger partial charge on any atom is 0.257 e. The zero-order valence-corrected chi connectivity index (χ0v) is 13.2. The smallest absolute Gasteiger partial charge is 0.257 e. The lowest BCUT2D eigenvalue weighted by Gasteiger charge is -2.33. The molecule has 21 heavy (non-hydrogen) atoms. The standard InChI is InChI=1S/C17H26N2O2/c1-12(2)19(11-14-6-4-5-9-18-14)17(21)15-10-13(3)7-8-16(15)20/h7-8,10,12,14,18,20H,4-6,9,11H2,1-3H3. The first kappa shape index (κ1) is 15.8.